The maximum Gasteiger partial charge on any atom is 0.325 e. The number of nitrogens with zero attached hydrogens (tertiary/aromatic N) is 1. The van der Waals surface area contributed by atoms with Crippen molar-refractivity contribution in [1.82, 2.24) is 5.06 Å². The highest BCUT2D eigenvalue weighted by atomic mass is 16.8. The highest BCUT2D eigenvalue weighted by Gasteiger charge is 2.63. The Bertz CT molecular complexity index is 1560. The smallest absolute Gasteiger partial charge is 0.325 e. The Morgan fingerprint density at radius 3 is 1.67 bits per heavy atom. The molecule has 9 heteroatoms. The van der Waals surface area contributed by atoms with E-state index in [4.69, 9.17) is 33.3 Å². The maximum atomic E-state index is 13.2. The van der Waals surface area contributed by atoms with Crippen molar-refractivity contribution in [2.45, 2.75) is 76.0 Å². The van der Waals surface area contributed by atoms with Gasteiger partial charge in [-0.1, -0.05) is 121 Å². The average molecular weight is 668 g/mol. The van der Waals surface area contributed by atoms with Gasteiger partial charge in [0.15, 0.2) is 0 Å². The molecule has 0 unspecified atom stereocenters. The number of esters is 1. The third kappa shape index (κ3) is 9.00. The lowest BCUT2D eigenvalue weighted by Gasteiger charge is -2.50. The topological polar surface area (TPSA) is 84.9 Å². The van der Waals surface area contributed by atoms with E-state index in [0.717, 1.165) is 22.3 Å². The number of carbonyl (C=O) groups excluding carboxylic acids is 1. The summed E-state index contributed by atoms with van der Waals surface area (Å²) in [5, 5.41) is 1.51. The number of rotatable bonds is 15. The van der Waals surface area contributed by atoms with Crippen molar-refractivity contribution < 1.29 is 38.1 Å². The molecule has 0 bridgehead atoms. The van der Waals surface area contributed by atoms with Crippen molar-refractivity contribution in [1.29, 1.82) is 0 Å². The molecule has 2 saturated heterocycles. The molecule has 4 aromatic carbocycles. The number of carbonyl (C=O) groups is 1. The molecule has 0 aliphatic carbocycles. The number of hydroxylamine groups is 2. The normalized spacial score (nSPS) is 25.4. The molecular weight excluding hydrogens is 622 g/mol. The van der Waals surface area contributed by atoms with Gasteiger partial charge < -0.3 is 28.4 Å². The van der Waals surface area contributed by atoms with Crippen LogP contribution in [0.4, 0.5) is 0 Å². The van der Waals surface area contributed by atoms with E-state index in [1.165, 1.54) is 5.06 Å². The lowest BCUT2D eigenvalue weighted by molar-refractivity contribution is -0.404. The van der Waals surface area contributed by atoms with Crippen LogP contribution in [0.2, 0.25) is 0 Å². The zero-order valence-electron chi connectivity index (χ0n) is 28.1. The van der Waals surface area contributed by atoms with Gasteiger partial charge in [0.25, 0.3) is 0 Å². The van der Waals surface area contributed by atoms with Gasteiger partial charge in [-0.15, -0.1) is 0 Å². The third-order valence-corrected chi connectivity index (χ3v) is 8.78. The molecule has 6 atom stereocenters. The highest BCUT2D eigenvalue weighted by molar-refractivity contribution is 5.76. The second kappa shape index (κ2) is 17.1. The van der Waals surface area contributed by atoms with Crippen molar-refractivity contribution in [2.75, 3.05) is 20.3 Å². The van der Waals surface area contributed by atoms with E-state index in [2.05, 4.69) is 0 Å². The Morgan fingerprint density at radius 2 is 1.16 bits per heavy atom. The molecule has 0 radical (unpaired) electrons. The molecule has 49 heavy (non-hydrogen) atoms. The minimum atomic E-state index is -1.41. The van der Waals surface area contributed by atoms with E-state index in [9.17, 15) is 4.79 Å². The van der Waals surface area contributed by atoms with Crippen LogP contribution in [0.1, 0.15) is 35.6 Å². The molecule has 9 nitrogen and oxygen atoms in total. The predicted octanol–water partition coefficient (Wildman–Crippen LogP) is 6.25. The second-order valence-corrected chi connectivity index (χ2v) is 12.3. The largest absolute Gasteiger partial charge is 0.465 e. The number of likely N-dealkylation sites (N-methyl/N-ethyl adjacent to an activating group) is 1. The Morgan fingerprint density at radius 1 is 0.694 bits per heavy atom. The second-order valence-electron chi connectivity index (χ2n) is 12.3. The Labute approximate surface area is 288 Å². The summed E-state index contributed by atoms with van der Waals surface area (Å²) >= 11 is 0. The summed E-state index contributed by atoms with van der Waals surface area (Å²) in [5.74, 6) is -1.80. The van der Waals surface area contributed by atoms with Crippen LogP contribution in [-0.4, -0.2) is 67.5 Å². The molecule has 2 heterocycles. The first kappa shape index (κ1) is 34.9. The first-order valence-corrected chi connectivity index (χ1v) is 16.9. The van der Waals surface area contributed by atoms with E-state index in [1.807, 2.05) is 121 Å². The van der Waals surface area contributed by atoms with Crippen LogP contribution in [0.5, 0.6) is 0 Å². The van der Waals surface area contributed by atoms with E-state index in [0.29, 0.717) is 19.8 Å². The van der Waals surface area contributed by atoms with Gasteiger partial charge in [0, 0.05) is 13.5 Å². The predicted molar refractivity (Wildman–Crippen MR) is 183 cm³/mol. The monoisotopic (exact) mass is 667 g/mol. The Balaban J connectivity index is 1.36. The van der Waals surface area contributed by atoms with Gasteiger partial charge in [-0.05, 0) is 29.2 Å². The van der Waals surface area contributed by atoms with Crippen molar-refractivity contribution in [3.8, 4) is 0 Å². The molecule has 1 spiro atoms. The number of benzene rings is 4. The molecule has 0 aromatic heterocycles. The summed E-state index contributed by atoms with van der Waals surface area (Å²) < 4.78 is 39.0. The lowest BCUT2D eigenvalue weighted by atomic mass is 9.88. The van der Waals surface area contributed by atoms with Crippen molar-refractivity contribution in [3.05, 3.63) is 144 Å². The van der Waals surface area contributed by atoms with Crippen LogP contribution in [0, 0.1) is 0 Å². The number of ether oxygens (including phenoxy) is 6. The average Bonchev–Trinajstić information content (AvgIpc) is 3.47. The molecule has 6 rings (SSSR count). The fraction of sp³-hybridized carbons (Fsp3) is 0.375. The van der Waals surface area contributed by atoms with E-state index in [1.54, 1.807) is 14.0 Å². The fourth-order valence-electron chi connectivity index (χ4n) is 6.37. The van der Waals surface area contributed by atoms with Gasteiger partial charge >= 0.3 is 5.97 Å². The summed E-state index contributed by atoms with van der Waals surface area (Å²) in [6.45, 7) is 3.48. The minimum absolute atomic E-state index is 0.160. The van der Waals surface area contributed by atoms with Gasteiger partial charge in [0.2, 0.25) is 5.79 Å². The molecule has 4 aromatic rings. The van der Waals surface area contributed by atoms with Crippen LogP contribution in [0.15, 0.2) is 121 Å². The fourth-order valence-corrected chi connectivity index (χ4v) is 6.37. The molecule has 0 N–H and O–H groups in total. The molecular formula is C40H45NO8. The summed E-state index contributed by atoms with van der Waals surface area (Å²) in [7, 11) is 1.71. The highest BCUT2D eigenvalue weighted by Crippen LogP contribution is 2.45. The van der Waals surface area contributed by atoms with Crippen LogP contribution in [0.3, 0.4) is 0 Å². The molecule has 258 valence electrons. The van der Waals surface area contributed by atoms with Crippen LogP contribution < -0.4 is 0 Å². The van der Waals surface area contributed by atoms with Gasteiger partial charge in [-0.25, -0.2) is 0 Å². The molecule has 2 aliphatic rings. The first-order valence-electron chi connectivity index (χ1n) is 16.9. The zero-order chi connectivity index (χ0) is 33.9. The Hall–Kier alpha value is -3.93. The van der Waals surface area contributed by atoms with Gasteiger partial charge in [0.05, 0.1) is 39.6 Å². The standard InChI is InChI=1S/C40H45NO8/c1-3-44-39(42)34-24-40(49-41(34)2)38(47-28-33-22-14-7-15-23-33)37(46-27-32-20-12-6-13-21-32)36(45-26-31-18-10-5-11-19-31)35(48-40)29-43-25-30-16-8-4-9-17-30/h4-23,34-38H,3,24-29H2,1-2H3/t34-,35-,36-,37+,38-,40-/m1/s1. The number of hydrogen-bond acceptors (Lipinski definition) is 9. The summed E-state index contributed by atoms with van der Waals surface area (Å²) in [4.78, 5) is 19.7. The summed E-state index contributed by atoms with van der Waals surface area (Å²) in [5.41, 5.74) is 4.02. The zero-order valence-corrected chi connectivity index (χ0v) is 28.1. The van der Waals surface area contributed by atoms with Crippen molar-refractivity contribution in [2.24, 2.45) is 0 Å². The lowest BCUT2D eigenvalue weighted by Crippen LogP contribution is -2.67. The Kier molecular flexibility index (Phi) is 12.2. The molecule has 2 fully saturated rings. The maximum absolute atomic E-state index is 13.2. The molecule has 2 aliphatic heterocycles. The molecule has 0 saturated carbocycles. The summed E-state index contributed by atoms with van der Waals surface area (Å²) in [6, 6.07) is 39.1. The van der Waals surface area contributed by atoms with E-state index < -0.39 is 42.2 Å². The van der Waals surface area contributed by atoms with Crippen LogP contribution >= 0.6 is 0 Å². The number of hydrogen-bond donors (Lipinski definition) is 0. The van der Waals surface area contributed by atoms with E-state index in [-0.39, 0.29) is 26.2 Å². The van der Waals surface area contributed by atoms with Gasteiger partial charge in [0.1, 0.15) is 30.5 Å². The first-order chi connectivity index (χ1) is 24.0. The van der Waals surface area contributed by atoms with E-state index >= 15 is 0 Å². The quantitative estimate of drug-likeness (QED) is 0.137. The van der Waals surface area contributed by atoms with Crippen molar-refractivity contribution in [3.63, 3.8) is 0 Å². The molecule has 0 amide bonds. The minimum Gasteiger partial charge on any atom is -0.465 e. The van der Waals surface area contributed by atoms with Gasteiger partial charge in [-0.2, -0.15) is 5.06 Å². The SMILES string of the molecule is CCOC(=O)[C@H]1C[C@@]2(O[C@H](COCc3ccccc3)[C@@H](OCc3ccccc3)[C@H](OCc3ccccc3)[C@H]2OCc2ccccc2)ON1C. The third-order valence-electron chi connectivity index (χ3n) is 8.78. The van der Waals surface area contributed by atoms with Crippen LogP contribution in [0.25, 0.3) is 0 Å². The van der Waals surface area contributed by atoms with Crippen LogP contribution in [-0.2, 0) is 64.5 Å². The van der Waals surface area contributed by atoms with Crippen molar-refractivity contribution >= 4 is 5.97 Å². The summed E-state index contributed by atoms with van der Waals surface area (Å²) in [6.07, 6.45) is -2.58. The van der Waals surface area contributed by atoms with Gasteiger partial charge in [-0.3, -0.25) is 9.63 Å².